The van der Waals surface area contributed by atoms with Crippen LogP contribution in [-0.4, -0.2) is 17.0 Å². The van der Waals surface area contributed by atoms with E-state index in [9.17, 15) is 9.59 Å². The van der Waals surface area contributed by atoms with Gasteiger partial charge in [-0.3, -0.25) is 9.59 Å². The number of benzene rings is 1. The molecule has 0 atom stereocenters. The first-order chi connectivity index (χ1) is 9.06. The Bertz CT molecular complexity index is 624. The Morgan fingerprint density at radius 1 is 1.32 bits per heavy atom. The first-order valence-electron chi connectivity index (χ1n) is 5.41. The Morgan fingerprint density at radius 2 is 2.11 bits per heavy atom. The molecule has 6 heteroatoms. The standard InChI is InChI=1S/C13H10BrNO3S/c14-10-4-5-19-12(10)13(18)15-9-3-1-2-8(6-9)7-11(16)17/h1-6H,7H2,(H,15,18)(H,16,17). The van der Waals surface area contributed by atoms with E-state index in [0.717, 1.165) is 4.47 Å². The fraction of sp³-hybridized carbons (Fsp3) is 0.0769. The third kappa shape index (κ3) is 3.65. The molecule has 0 aliphatic carbocycles. The molecule has 0 radical (unpaired) electrons. The van der Waals surface area contributed by atoms with Crippen molar-refractivity contribution in [1.29, 1.82) is 0 Å². The van der Waals surface area contributed by atoms with Gasteiger partial charge in [-0.25, -0.2) is 0 Å². The van der Waals surface area contributed by atoms with E-state index < -0.39 is 5.97 Å². The predicted molar refractivity (Wildman–Crippen MR) is 77.8 cm³/mol. The lowest BCUT2D eigenvalue weighted by atomic mass is 10.1. The lowest BCUT2D eigenvalue weighted by Crippen LogP contribution is -2.11. The molecule has 0 saturated heterocycles. The lowest BCUT2D eigenvalue weighted by molar-refractivity contribution is -0.136. The predicted octanol–water partition coefficient (Wildman–Crippen LogP) is 3.39. The third-order valence-electron chi connectivity index (χ3n) is 2.36. The van der Waals surface area contributed by atoms with Crippen LogP contribution in [0.25, 0.3) is 0 Å². The van der Waals surface area contributed by atoms with Crippen LogP contribution in [0.2, 0.25) is 0 Å². The van der Waals surface area contributed by atoms with Crippen molar-refractivity contribution in [3.05, 3.63) is 50.6 Å². The molecule has 1 amide bonds. The van der Waals surface area contributed by atoms with Crippen LogP contribution in [0.3, 0.4) is 0 Å². The fourth-order valence-corrected chi connectivity index (χ4v) is 3.02. The van der Waals surface area contributed by atoms with E-state index in [4.69, 9.17) is 5.11 Å². The first kappa shape index (κ1) is 13.8. The summed E-state index contributed by atoms with van der Waals surface area (Å²) in [5.74, 6) is -1.11. The molecule has 1 aromatic heterocycles. The molecule has 0 unspecified atom stereocenters. The van der Waals surface area contributed by atoms with Crippen molar-refractivity contribution >= 4 is 44.8 Å². The number of nitrogens with one attached hydrogen (secondary N) is 1. The van der Waals surface area contributed by atoms with Gasteiger partial charge in [0.05, 0.1) is 6.42 Å². The first-order valence-corrected chi connectivity index (χ1v) is 7.08. The molecular formula is C13H10BrNO3S. The molecule has 0 saturated carbocycles. The Balaban J connectivity index is 2.13. The molecule has 2 rings (SSSR count). The smallest absolute Gasteiger partial charge is 0.307 e. The Hall–Kier alpha value is -1.66. The number of carbonyl (C=O) groups is 2. The minimum absolute atomic E-state index is 0.0631. The molecule has 2 aromatic rings. The minimum atomic E-state index is -0.899. The van der Waals surface area contributed by atoms with Crippen LogP contribution in [0.4, 0.5) is 5.69 Å². The Labute approximate surface area is 122 Å². The van der Waals surface area contributed by atoms with Gasteiger partial charge in [-0.2, -0.15) is 0 Å². The summed E-state index contributed by atoms with van der Waals surface area (Å²) in [6.07, 6.45) is -0.0631. The van der Waals surface area contributed by atoms with E-state index in [1.165, 1.54) is 11.3 Å². The zero-order valence-corrected chi connectivity index (χ0v) is 12.1. The van der Waals surface area contributed by atoms with Crippen molar-refractivity contribution in [2.24, 2.45) is 0 Å². The summed E-state index contributed by atoms with van der Waals surface area (Å²) in [5.41, 5.74) is 1.24. The normalized spacial score (nSPS) is 10.2. The van der Waals surface area contributed by atoms with Gasteiger partial charge in [-0.05, 0) is 45.1 Å². The van der Waals surface area contributed by atoms with Gasteiger partial charge in [-0.15, -0.1) is 11.3 Å². The molecule has 19 heavy (non-hydrogen) atoms. The summed E-state index contributed by atoms with van der Waals surface area (Å²) < 4.78 is 0.747. The lowest BCUT2D eigenvalue weighted by Gasteiger charge is -2.06. The quantitative estimate of drug-likeness (QED) is 0.897. The second-order valence-corrected chi connectivity index (χ2v) is 5.59. The van der Waals surface area contributed by atoms with Gasteiger partial charge < -0.3 is 10.4 Å². The maximum Gasteiger partial charge on any atom is 0.307 e. The van der Waals surface area contributed by atoms with Crippen LogP contribution >= 0.6 is 27.3 Å². The highest BCUT2D eigenvalue weighted by atomic mass is 79.9. The van der Waals surface area contributed by atoms with Gasteiger partial charge >= 0.3 is 5.97 Å². The van der Waals surface area contributed by atoms with Gasteiger partial charge in [0.2, 0.25) is 0 Å². The molecule has 0 bridgehead atoms. The van der Waals surface area contributed by atoms with E-state index in [1.54, 1.807) is 30.3 Å². The number of carboxylic acid groups (broad SMARTS) is 1. The second-order valence-electron chi connectivity index (χ2n) is 3.82. The number of thiophene rings is 1. The summed E-state index contributed by atoms with van der Waals surface area (Å²) >= 11 is 4.64. The molecule has 2 N–H and O–H groups in total. The fourth-order valence-electron chi connectivity index (χ4n) is 1.58. The number of carboxylic acids is 1. The molecule has 0 spiro atoms. The summed E-state index contributed by atoms with van der Waals surface area (Å²) in [5, 5.41) is 13.3. The number of halogens is 1. The van der Waals surface area contributed by atoms with Gasteiger partial charge in [0.1, 0.15) is 4.88 Å². The molecular weight excluding hydrogens is 330 g/mol. The number of hydrogen-bond acceptors (Lipinski definition) is 3. The number of amides is 1. The van der Waals surface area contributed by atoms with Gasteiger partial charge in [0.15, 0.2) is 0 Å². The number of carbonyl (C=O) groups excluding carboxylic acids is 1. The van der Waals surface area contributed by atoms with E-state index in [0.29, 0.717) is 16.1 Å². The van der Waals surface area contributed by atoms with E-state index in [-0.39, 0.29) is 12.3 Å². The van der Waals surface area contributed by atoms with Crippen LogP contribution in [0.5, 0.6) is 0 Å². The maximum atomic E-state index is 12.0. The largest absolute Gasteiger partial charge is 0.481 e. The minimum Gasteiger partial charge on any atom is -0.481 e. The Morgan fingerprint density at radius 3 is 2.74 bits per heavy atom. The van der Waals surface area contributed by atoms with E-state index >= 15 is 0 Å². The highest BCUT2D eigenvalue weighted by molar-refractivity contribution is 9.10. The van der Waals surface area contributed by atoms with Crippen molar-refractivity contribution in [3.63, 3.8) is 0 Å². The molecule has 0 aliphatic rings. The Kier molecular flexibility index (Phi) is 4.34. The van der Waals surface area contributed by atoms with Crippen molar-refractivity contribution in [3.8, 4) is 0 Å². The third-order valence-corrected chi connectivity index (χ3v) is 4.20. The maximum absolute atomic E-state index is 12.0. The van der Waals surface area contributed by atoms with Crippen LogP contribution in [0, 0.1) is 0 Å². The molecule has 0 aliphatic heterocycles. The van der Waals surface area contributed by atoms with Crippen molar-refractivity contribution in [2.45, 2.75) is 6.42 Å². The van der Waals surface area contributed by atoms with Gasteiger partial charge in [0, 0.05) is 10.2 Å². The topological polar surface area (TPSA) is 66.4 Å². The average molecular weight is 340 g/mol. The number of rotatable bonds is 4. The summed E-state index contributed by atoms with van der Waals surface area (Å²) in [7, 11) is 0. The van der Waals surface area contributed by atoms with Crippen LogP contribution in [0.15, 0.2) is 40.2 Å². The van der Waals surface area contributed by atoms with Gasteiger partial charge in [-0.1, -0.05) is 12.1 Å². The summed E-state index contributed by atoms with van der Waals surface area (Å²) in [6, 6.07) is 8.63. The van der Waals surface area contributed by atoms with E-state index in [1.807, 2.05) is 5.38 Å². The molecule has 4 nitrogen and oxygen atoms in total. The van der Waals surface area contributed by atoms with Crippen LogP contribution < -0.4 is 5.32 Å². The average Bonchev–Trinajstić information content (AvgIpc) is 2.75. The van der Waals surface area contributed by atoms with Crippen LogP contribution in [0.1, 0.15) is 15.2 Å². The van der Waals surface area contributed by atoms with Crippen molar-refractivity contribution in [1.82, 2.24) is 0 Å². The molecule has 98 valence electrons. The zero-order valence-electron chi connectivity index (χ0n) is 9.72. The highest BCUT2D eigenvalue weighted by Gasteiger charge is 2.12. The second kappa shape index (κ2) is 5.99. The summed E-state index contributed by atoms with van der Waals surface area (Å²) in [6.45, 7) is 0. The number of aliphatic carboxylic acids is 1. The van der Waals surface area contributed by atoms with Gasteiger partial charge in [0.25, 0.3) is 5.91 Å². The molecule has 1 heterocycles. The highest BCUT2D eigenvalue weighted by Crippen LogP contribution is 2.24. The van der Waals surface area contributed by atoms with E-state index in [2.05, 4.69) is 21.2 Å². The van der Waals surface area contributed by atoms with Crippen LogP contribution in [-0.2, 0) is 11.2 Å². The zero-order chi connectivity index (χ0) is 13.8. The van der Waals surface area contributed by atoms with Crippen molar-refractivity contribution < 1.29 is 14.7 Å². The summed E-state index contributed by atoms with van der Waals surface area (Å²) in [4.78, 5) is 23.2. The van der Waals surface area contributed by atoms with Crippen molar-refractivity contribution in [2.75, 3.05) is 5.32 Å². The molecule has 0 fully saturated rings. The molecule has 1 aromatic carbocycles. The SMILES string of the molecule is O=C(O)Cc1cccc(NC(=O)c2sccc2Br)c1. The monoisotopic (exact) mass is 339 g/mol. The number of anilines is 1. The number of hydrogen-bond donors (Lipinski definition) is 2.